The lowest BCUT2D eigenvalue weighted by Crippen LogP contribution is -2.24. The maximum Gasteiger partial charge on any atom is 0.226 e. The van der Waals surface area contributed by atoms with E-state index in [0.717, 1.165) is 11.3 Å². The van der Waals surface area contributed by atoms with Gasteiger partial charge in [0.15, 0.2) is 0 Å². The quantitative estimate of drug-likeness (QED) is 0.854. The summed E-state index contributed by atoms with van der Waals surface area (Å²) in [5.41, 5.74) is 2.18. The van der Waals surface area contributed by atoms with Gasteiger partial charge < -0.3 is 10.2 Å². The SMILES string of the molecule is CCC(C)C(C)Nc1ccc(CC(=O)N(C)C)cc1. The molecule has 19 heavy (non-hydrogen) atoms. The number of hydrogen-bond acceptors (Lipinski definition) is 2. The highest BCUT2D eigenvalue weighted by Crippen LogP contribution is 2.16. The lowest BCUT2D eigenvalue weighted by Gasteiger charge is -2.21. The Labute approximate surface area is 117 Å². The van der Waals surface area contributed by atoms with Crippen LogP contribution in [0.5, 0.6) is 0 Å². The van der Waals surface area contributed by atoms with Crippen LogP contribution in [0.1, 0.15) is 32.8 Å². The minimum Gasteiger partial charge on any atom is -0.382 e. The van der Waals surface area contributed by atoms with Gasteiger partial charge in [0.25, 0.3) is 0 Å². The Morgan fingerprint density at radius 1 is 1.21 bits per heavy atom. The predicted molar refractivity (Wildman–Crippen MR) is 81.4 cm³/mol. The molecular formula is C16H26N2O. The molecule has 0 aliphatic carbocycles. The molecule has 3 heteroatoms. The fourth-order valence-electron chi connectivity index (χ4n) is 1.81. The molecule has 0 aliphatic rings. The van der Waals surface area contributed by atoms with Crippen molar-refractivity contribution in [2.75, 3.05) is 19.4 Å². The molecule has 0 bridgehead atoms. The summed E-state index contributed by atoms with van der Waals surface area (Å²) in [6.45, 7) is 6.66. The molecule has 0 aliphatic heterocycles. The molecule has 0 heterocycles. The smallest absolute Gasteiger partial charge is 0.226 e. The Kier molecular flexibility index (Phi) is 5.87. The zero-order valence-corrected chi connectivity index (χ0v) is 12.7. The van der Waals surface area contributed by atoms with E-state index in [1.165, 1.54) is 6.42 Å². The first kappa shape index (κ1) is 15.5. The summed E-state index contributed by atoms with van der Waals surface area (Å²) in [5, 5.41) is 3.50. The van der Waals surface area contributed by atoms with Crippen LogP contribution in [-0.2, 0) is 11.2 Å². The molecule has 0 saturated carbocycles. The Balaban J connectivity index is 2.59. The number of anilines is 1. The van der Waals surface area contributed by atoms with Crippen LogP contribution in [0, 0.1) is 5.92 Å². The van der Waals surface area contributed by atoms with Crippen molar-refractivity contribution in [2.45, 2.75) is 39.7 Å². The first-order valence-corrected chi connectivity index (χ1v) is 6.99. The highest BCUT2D eigenvalue weighted by Gasteiger charge is 2.10. The molecule has 2 atom stereocenters. The minimum absolute atomic E-state index is 0.133. The van der Waals surface area contributed by atoms with Crippen molar-refractivity contribution in [1.82, 2.24) is 4.90 Å². The molecule has 1 N–H and O–H groups in total. The van der Waals surface area contributed by atoms with Crippen LogP contribution in [0.4, 0.5) is 5.69 Å². The van der Waals surface area contributed by atoms with Crippen molar-refractivity contribution in [1.29, 1.82) is 0 Å². The third kappa shape index (κ3) is 4.93. The second kappa shape index (κ2) is 7.17. The van der Waals surface area contributed by atoms with Crippen molar-refractivity contribution in [3.8, 4) is 0 Å². The third-order valence-corrected chi connectivity index (χ3v) is 3.70. The first-order chi connectivity index (χ1) is 8.93. The van der Waals surface area contributed by atoms with E-state index in [1.807, 2.05) is 12.1 Å². The van der Waals surface area contributed by atoms with E-state index in [1.54, 1.807) is 19.0 Å². The fraction of sp³-hybridized carbons (Fsp3) is 0.562. The predicted octanol–water partition coefficient (Wildman–Crippen LogP) is 3.16. The molecule has 106 valence electrons. The van der Waals surface area contributed by atoms with Crippen molar-refractivity contribution in [3.05, 3.63) is 29.8 Å². The van der Waals surface area contributed by atoms with Gasteiger partial charge in [-0.25, -0.2) is 0 Å². The molecule has 1 aromatic carbocycles. The van der Waals surface area contributed by atoms with E-state index >= 15 is 0 Å². The van der Waals surface area contributed by atoms with Crippen molar-refractivity contribution < 1.29 is 4.79 Å². The molecule has 1 aromatic rings. The standard InChI is InChI=1S/C16H26N2O/c1-6-12(2)13(3)17-15-9-7-14(8-10-15)11-16(19)18(4)5/h7-10,12-13,17H,6,11H2,1-5H3. The summed E-state index contributed by atoms with van der Waals surface area (Å²) in [4.78, 5) is 13.2. The van der Waals surface area contributed by atoms with Gasteiger partial charge in [-0.3, -0.25) is 4.79 Å². The van der Waals surface area contributed by atoms with Crippen LogP contribution in [0.25, 0.3) is 0 Å². The first-order valence-electron chi connectivity index (χ1n) is 6.99. The largest absolute Gasteiger partial charge is 0.382 e. The summed E-state index contributed by atoms with van der Waals surface area (Å²) in [5.74, 6) is 0.781. The van der Waals surface area contributed by atoms with Crippen LogP contribution in [0.15, 0.2) is 24.3 Å². The Bertz CT molecular complexity index is 398. The molecular weight excluding hydrogens is 236 g/mol. The van der Waals surface area contributed by atoms with Gasteiger partial charge in [-0.15, -0.1) is 0 Å². The number of nitrogens with one attached hydrogen (secondary N) is 1. The van der Waals surface area contributed by atoms with Gasteiger partial charge in [0.2, 0.25) is 5.91 Å². The topological polar surface area (TPSA) is 32.3 Å². The Morgan fingerprint density at radius 2 is 1.79 bits per heavy atom. The second-order valence-corrected chi connectivity index (χ2v) is 5.48. The van der Waals surface area contributed by atoms with Crippen molar-refractivity contribution in [2.24, 2.45) is 5.92 Å². The molecule has 0 fully saturated rings. The lowest BCUT2D eigenvalue weighted by atomic mass is 10.0. The van der Waals surface area contributed by atoms with Gasteiger partial charge in [0.1, 0.15) is 0 Å². The van der Waals surface area contributed by atoms with Crippen LogP contribution < -0.4 is 5.32 Å². The van der Waals surface area contributed by atoms with Crippen LogP contribution in [0.2, 0.25) is 0 Å². The van der Waals surface area contributed by atoms with Gasteiger partial charge >= 0.3 is 0 Å². The van der Waals surface area contributed by atoms with Crippen molar-refractivity contribution >= 4 is 11.6 Å². The van der Waals surface area contributed by atoms with Gasteiger partial charge in [0.05, 0.1) is 6.42 Å². The molecule has 1 amide bonds. The summed E-state index contributed by atoms with van der Waals surface area (Å²) in [7, 11) is 3.57. The third-order valence-electron chi connectivity index (χ3n) is 3.70. The normalized spacial score (nSPS) is 13.7. The van der Waals surface area contributed by atoms with Gasteiger partial charge in [-0.2, -0.15) is 0 Å². The lowest BCUT2D eigenvalue weighted by molar-refractivity contribution is -0.127. The highest BCUT2D eigenvalue weighted by molar-refractivity contribution is 5.78. The number of carbonyl (C=O) groups is 1. The second-order valence-electron chi connectivity index (χ2n) is 5.48. The maximum absolute atomic E-state index is 11.6. The average Bonchev–Trinajstić information content (AvgIpc) is 2.39. The van der Waals surface area contributed by atoms with Gasteiger partial charge in [-0.1, -0.05) is 32.4 Å². The molecule has 0 radical (unpaired) electrons. The number of rotatable bonds is 6. The van der Waals surface area contributed by atoms with Crippen LogP contribution in [-0.4, -0.2) is 30.9 Å². The van der Waals surface area contributed by atoms with E-state index < -0.39 is 0 Å². The zero-order valence-electron chi connectivity index (χ0n) is 12.7. The number of carbonyl (C=O) groups excluding carboxylic acids is 1. The highest BCUT2D eigenvalue weighted by atomic mass is 16.2. The zero-order chi connectivity index (χ0) is 14.4. The number of amides is 1. The van der Waals surface area contributed by atoms with E-state index in [2.05, 4.69) is 38.2 Å². The summed E-state index contributed by atoms with van der Waals surface area (Å²) in [6.07, 6.45) is 1.64. The van der Waals surface area contributed by atoms with E-state index in [-0.39, 0.29) is 5.91 Å². The van der Waals surface area contributed by atoms with E-state index in [4.69, 9.17) is 0 Å². The summed E-state index contributed by atoms with van der Waals surface area (Å²) in [6, 6.07) is 8.60. The fourth-order valence-corrected chi connectivity index (χ4v) is 1.81. The van der Waals surface area contributed by atoms with Crippen molar-refractivity contribution in [3.63, 3.8) is 0 Å². The maximum atomic E-state index is 11.6. The number of hydrogen-bond donors (Lipinski definition) is 1. The van der Waals surface area contributed by atoms with Crippen LogP contribution in [0.3, 0.4) is 0 Å². The van der Waals surface area contributed by atoms with Gasteiger partial charge in [-0.05, 0) is 30.5 Å². The summed E-state index contributed by atoms with van der Waals surface area (Å²) < 4.78 is 0. The number of likely N-dealkylation sites (N-methyl/N-ethyl adjacent to an activating group) is 1. The number of nitrogens with zero attached hydrogens (tertiary/aromatic N) is 1. The van der Waals surface area contributed by atoms with E-state index in [9.17, 15) is 4.79 Å². The molecule has 3 nitrogen and oxygen atoms in total. The summed E-state index contributed by atoms with van der Waals surface area (Å²) >= 11 is 0. The average molecular weight is 262 g/mol. The minimum atomic E-state index is 0.133. The number of benzene rings is 1. The molecule has 0 saturated heterocycles. The van der Waals surface area contributed by atoms with Crippen LogP contribution >= 0.6 is 0 Å². The monoisotopic (exact) mass is 262 g/mol. The molecule has 0 aromatic heterocycles. The Hall–Kier alpha value is -1.51. The van der Waals surface area contributed by atoms with Gasteiger partial charge in [0, 0.05) is 25.8 Å². The Morgan fingerprint density at radius 3 is 2.26 bits per heavy atom. The molecule has 2 unspecified atom stereocenters. The molecule has 1 rings (SSSR count). The van der Waals surface area contributed by atoms with E-state index in [0.29, 0.717) is 18.4 Å². The molecule has 0 spiro atoms.